The van der Waals surface area contributed by atoms with Crippen molar-refractivity contribution in [3.63, 3.8) is 0 Å². The number of carbonyl (C=O) groups is 3. The molecule has 5 aromatic rings. The zero-order valence-corrected chi connectivity index (χ0v) is 30.5. The van der Waals surface area contributed by atoms with Crippen LogP contribution in [-0.4, -0.2) is 62.9 Å². The van der Waals surface area contributed by atoms with Gasteiger partial charge < -0.3 is 25.4 Å². The lowest BCUT2D eigenvalue weighted by molar-refractivity contribution is -0.141. The SMILES string of the molecule is COc1ccc(CNC(=O)CCCNC(=O)c2cc(OC)ccc2-n2nc(C(F)(F)F)cc2C(=O)Nc2ccc(-c3ccccc3S(C)(=O)=O)cc2F)cc1. The number of halogens is 4. The molecule has 55 heavy (non-hydrogen) atoms. The molecular formula is C38H35F4N5O7S. The third-order valence-electron chi connectivity index (χ3n) is 8.24. The maximum absolute atomic E-state index is 15.4. The first-order valence-electron chi connectivity index (χ1n) is 16.5. The van der Waals surface area contributed by atoms with E-state index in [0.29, 0.717) is 16.5 Å². The smallest absolute Gasteiger partial charge is 0.435 e. The van der Waals surface area contributed by atoms with Gasteiger partial charge in [0.15, 0.2) is 15.5 Å². The Morgan fingerprint density at radius 3 is 2.18 bits per heavy atom. The molecule has 0 saturated heterocycles. The number of alkyl halides is 3. The van der Waals surface area contributed by atoms with E-state index in [9.17, 15) is 36.0 Å². The number of carbonyl (C=O) groups excluding carboxylic acids is 3. The van der Waals surface area contributed by atoms with Gasteiger partial charge in [-0.2, -0.15) is 18.3 Å². The number of benzene rings is 4. The molecule has 3 N–H and O–H groups in total. The van der Waals surface area contributed by atoms with Gasteiger partial charge in [0, 0.05) is 37.4 Å². The first-order valence-corrected chi connectivity index (χ1v) is 18.4. The molecule has 0 aliphatic rings. The monoisotopic (exact) mass is 781 g/mol. The van der Waals surface area contributed by atoms with Crippen LogP contribution in [0.4, 0.5) is 23.2 Å². The van der Waals surface area contributed by atoms with Gasteiger partial charge >= 0.3 is 6.18 Å². The lowest BCUT2D eigenvalue weighted by Gasteiger charge is -2.15. The number of hydrogen-bond donors (Lipinski definition) is 3. The van der Waals surface area contributed by atoms with E-state index >= 15 is 4.39 Å². The zero-order valence-electron chi connectivity index (χ0n) is 29.7. The van der Waals surface area contributed by atoms with Crippen LogP contribution in [0.2, 0.25) is 0 Å². The van der Waals surface area contributed by atoms with Crippen LogP contribution in [0.1, 0.15) is 44.9 Å². The maximum Gasteiger partial charge on any atom is 0.435 e. The van der Waals surface area contributed by atoms with Crippen LogP contribution in [0.25, 0.3) is 16.8 Å². The summed E-state index contributed by atoms with van der Waals surface area (Å²) in [6.45, 7) is 0.287. The summed E-state index contributed by atoms with van der Waals surface area (Å²) >= 11 is 0. The molecule has 0 bridgehead atoms. The zero-order chi connectivity index (χ0) is 39.9. The molecule has 4 aromatic carbocycles. The van der Waals surface area contributed by atoms with Crippen molar-refractivity contribution in [2.75, 3.05) is 32.3 Å². The molecule has 0 fully saturated rings. The topological polar surface area (TPSA) is 158 Å². The van der Waals surface area contributed by atoms with Crippen molar-refractivity contribution in [2.24, 2.45) is 0 Å². The number of nitrogens with zero attached hydrogens (tertiary/aromatic N) is 2. The van der Waals surface area contributed by atoms with Crippen molar-refractivity contribution in [1.29, 1.82) is 0 Å². The molecule has 288 valence electrons. The highest BCUT2D eigenvalue weighted by Gasteiger charge is 2.37. The number of amides is 3. The van der Waals surface area contributed by atoms with E-state index in [4.69, 9.17) is 9.47 Å². The van der Waals surface area contributed by atoms with Crippen molar-refractivity contribution < 1.29 is 49.8 Å². The molecule has 0 saturated carbocycles. The number of anilines is 1. The third kappa shape index (κ3) is 9.85. The molecule has 5 rings (SSSR count). The molecule has 0 unspecified atom stereocenters. The lowest BCUT2D eigenvalue weighted by atomic mass is 10.0. The van der Waals surface area contributed by atoms with Crippen LogP contribution >= 0.6 is 0 Å². The number of rotatable bonds is 14. The Hall–Kier alpha value is -6.23. The van der Waals surface area contributed by atoms with Crippen molar-refractivity contribution in [2.45, 2.75) is 30.5 Å². The van der Waals surface area contributed by atoms with Crippen LogP contribution in [0.3, 0.4) is 0 Å². The quantitative estimate of drug-likeness (QED) is 0.0889. The summed E-state index contributed by atoms with van der Waals surface area (Å²) in [5.41, 5.74) is -1.80. The Labute approximate surface area is 313 Å². The largest absolute Gasteiger partial charge is 0.497 e. The van der Waals surface area contributed by atoms with Crippen LogP contribution < -0.4 is 25.4 Å². The van der Waals surface area contributed by atoms with E-state index in [1.807, 2.05) is 0 Å². The summed E-state index contributed by atoms with van der Waals surface area (Å²) in [4.78, 5) is 39.3. The average molecular weight is 782 g/mol. The van der Waals surface area contributed by atoms with E-state index in [1.165, 1.54) is 49.6 Å². The molecule has 17 heteroatoms. The molecule has 1 aromatic heterocycles. The molecule has 0 aliphatic heterocycles. The summed E-state index contributed by atoms with van der Waals surface area (Å²) in [5, 5.41) is 11.2. The van der Waals surface area contributed by atoms with Crippen LogP contribution in [-0.2, 0) is 27.4 Å². The van der Waals surface area contributed by atoms with E-state index in [0.717, 1.165) is 24.0 Å². The first kappa shape index (κ1) is 40.0. The van der Waals surface area contributed by atoms with Gasteiger partial charge in [0.2, 0.25) is 5.91 Å². The second-order valence-electron chi connectivity index (χ2n) is 12.1. The fourth-order valence-electron chi connectivity index (χ4n) is 5.45. The van der Waals surface area contributed by atoms with E-state index < -0.39 is 50.7 Å². The molecule has 12 nitrogen and oxygen atoms in total. The summed E-state index contributed by atoms with van der Waals surface area (Å²) in [6, 6.07) is 20.8. The first-order chi connectivity index (χ1) is 26.1. The van der Waals surface area contributed by atoms with E-state index in [1.54, 1.807) is 37.4 Å². The predicted molar refractivity (Wildman–Crippen MR) is 194 cm³/mol. The van der Waals surface area contributed by atoms with Gasteiger partial charge in [0.1, 0.15) is 23.0 Å². The van der Waals surface area contributed by atoms with Crippen molar-refractivity contribution in [1.82, 2.24) is 20.4 Å². The van der Waals surface area contributed by atoms with Crippen molar-refractivity contribution in [3.05, 3.63) is 119 Å². The Bertz CT molecular complexity index is 2330. The van der Waals surface area contributed by atoms with Crippen LogP contribution in [0, 0.1) is 5.82 Å². The fourth-order valence-corrected chi connectivity index (χ4v) is 6.36. The number of sulfone groups is 1. The van der Waals surface area contributed by atoms with Crippen LogP contribution in [0.15, 0.2) is 95.9 Å². The maximum atomic E-state index is 15.4. The Morgan fingerprint density at radius 1 is 0.836 bits per heavy atom. The molecule has 3 amide bonds. The molecule has 0 radical (unpaired) electrons. The minimum Gasteiger partial charge on any atom is -0.497 e. The van der Waals surface area contributed by atoms with Gasteiger partial charge in [-0.3, -0.25) is 14.4 Å². The number of nitrogens with one attached hydrogen (secondary N) is 3. The Balaban J connectivity index is 1.35. The molecule has 0 atom stereocenters. The number of aromatic nitrogens is 2. The van der Waals surface area contributed by atoms with Gasteiger partial charge in [-0.05, 0) is 66.1 Å². The van der Waals surface area contributed by atoms with Gasteiger partial charge in [-0.15, -0.1) is 0 Å². The minimum absolute atomic E-state index is 0.00955. The number of ether oxygens (including phenoxy) is 2. The van der Waals surface area contributed by atoms with Gasteiger partial charge in [0.25, 0.3) is 11.8 Å². The summed E-state index contributed by atoms with van der Waals surface area (Å²) in [7, 11) is -0.829. The third-order valence-corrected chi connectivity index (χ3v) is 9.39. The number of methoxy groups -OCH3 is 2. The predicted octanol–water partition coefficient (Wildman–Crippen LogP) is 6.20. The summed E-state index contributed by atoms with van der Waals surface area (Å²) in [6.07, 6.45) is -3.73. The van der Waals surface area contributed by atoms with E-state index in [2.05, 4.69) is 21.0 Å². The standard InChI is InChI=1S/C38H35F4N5O7S/c1-53-25-13-10-23(11-14-25)22-44-35(48)9-6-18-43-36(49)28-20-26(54-2)15-17-31(28)47-32(21-34(46-47)38(40,41)42)37(50)45-30-16-12-24(19-29(30)39)27-7-4-5-8-33(27)55(3,51)52/h4-5,7-8,10-17,19-21H,6,9,18,22H2,1-3H3,(H,43,49)(H,44,48)(H,45,50). The normalized spacial score (nSPS) is 11.5. The lowest BCUT2D eigenvalue weighted by Crippen LogP contribution is -2.28. The second-order valence-corrected chi connectivity index (χ2v) is 14.1. The summed E-state index contributed by atoms with van der Waals surface area (Å²) in [5.74, 6) is -2.40. The highest BCUT2D eigenvalue weighted by atomic mass is 32.2. The second kappa shape index (κ2) is 16.8. The molecule has 0 spiro atoms. The summed E-state index contributed by atoms with van der Waals surface area (Å²) < 4.78 is 92.8. The average Bonchev–Trinajstić information content (AvgIpc) is 3.63. The highest BCUT2D eigenvalue weighted by Crippen LogP contribution is 2.33. The van der Waals surface area contributed by atoms with Crippen LogP contribution in [0.5, 0.6) is 11.5 Å². The molecule has 0 aliphatic carbocycles. The fraction of sp³-hybridized carbons (Fsp3) is 0.211. The Morgan fingerprint density at radius 2 is 1.53 bits per heavy atom. The molecular weight excluding hydrogens is 747 g/mol. The highest BCUT2D eigenvalue weighted by molar-refractivity contribution is 7.90. The number of hydrogen-bond acceptors (Lipinski definition) is 8. The minimum atomic E-state index is -5.01. The van der Waals surface area contributed by atoms with Gasteiger partial charge in [-0.25, -0.2) is 17.5 Å². The van der Waals surface area contributed by atoms with Crippen molar-refractivity contribution >= 4 is 33.2 Å². The molecule has 1 heterocycles. The van der Waals surface area contributed by atoms with Gasteiger partial charge in [0.05, 0.1) is 36.1 Å². The Kier molecular flexibility index (Phi) is 12.2. The van der Waals surface area contributed by atoms with Crippen molar-refractivity contribution in [3.8, 4) is 28.3 Å². The van der Waals surface area contributed by atoms with E-state index in [-0.39, 0.29) is 64.9 Å². The van der Waals surface area contributed by atoms with Gasteiger partial charge in [-0.1, -0.05) is 36.4 Å².